The summed E-state index contributed by atoms with van der Waals surface area (Å²) in [4.78, 5) is 11.0. The summed E-state index contributed by atoms with van der Waals surface area (Å²) in [6.07, 6.45) is 12.3. The van der Waals surface area contributed by atoms with E-state index in [4.69, 9.17) is 33.5 Å². The number of aliphatic hydroxyl groups excluding tert-OH is 1. The molecule has 0 unspecified atom stereocenters. The minimum atomic E-state index is -1.11. The first-order valence-electron chi connectivity index (χ1n) is 12.9. The van der Waals surface area contributed by atoms with Crippen molar-refractivity contribution >= 4 is 5.97 Å². The predicted octanol–water partition coefficient (Wildman–Crippen LogP) is 3.91. The second-order valence-corrected chi connectivity index (χ2v) is 8.09. The molecule has 1 N–H and O–H groups in total. The van der Waals surface area contributed by atoms with E-state index in [2.05, 4.69) is 6.92 Å². The maximum absolute atomic E-state index is 11.0. The lowest BCUT2D eigenvalue weighted by molar-refractivity contribution is -0.154. The molecule has 0 spiro atoms. The lowest BCUT2D eigenvalue weighted by Crippen LogP contribution is -2.21. The van der Waals surface area contributed by atoms with Crippen LogP contribution in [-0.2, 0) is 33.2 Å². The normalized spacial score (nSPS) is 12.2. The number of unbranched alkanes of at least 4 members (excludes halogenated alkanes) is 9. The van der Waals surface area contributed by atoms with Gasteiger partial charge in [0.05, 0.1) is 59.5 Å². The first-order valence-corrected chi connectivity index (χ1v) is 12.9. The van der Waals surface area contributed by atoms with Crippen LogP contribution in [-0.4, -0.2) is 89.9 Å². The van der Waals surface area contributed by atoms with E-state index in [1.54, 1.807) is 0 Å². The summed E-state index contributed by atoms with van der Waals surface area (Å²) in [5.74, 6) is -0.646. The van der Waals surface area contributed by atoms with Gasteiger partial charge >= 0.3 is 5.97 Å². The van der Waals surface area contributed by atoms with Gasteiger partial charge in [-0.2, -0.15) is 0 Å². The van der Waals surface area contributed by atoms with Crippen molar-refractivity contribution in [2.24, 2.45) is 0 Å². The second kappa shape index (κ2) is 27.5. The van der Waals surface area contributed by atoms with E-state index >= 15 is 0 Å². The Morgan fingerprint density at radius 3 is 1.27 bits per heavy atom. The number of hydrogen-bond donors (Lipinski definition) is 1. The Morgan fingerprint density at radius 1 is 0.545 bits per heavy atom. The van der Waals surface area contributed by atoms with E-state index in [1.165, 1.54) is 64.7 Å². The van der Waals surface area contributed by atoms with Crippen LogP contribution in [0.3, 0.4) is 0 Å². The number of esters is 1. The van der Waals surface area contributed by atoms with Crippen molar-refractivity contribution < 1.29 is 38.3 Å². The largest absolute Gasteiger partial charge is 0.461 e. The minimum absolute atomic E-state index is 0.122. The molecule has 0 aliphatic carbocycles. The van der Waals surface area contributed by atoms with E-state index in [0.29, 0.717) is 52.9 Å². The summed E-state index contributed by atoms with van der Waals surface area (Å²) >= 11 is 0. The Hall–Kier alpha value is -0.770. The van der Waals surface area contributed by atoms with Gasteiger partial charge < -0.3 is 33.5 Å². The van der Waals surface area contributed by atoms with Crippen molar-refractivity contribution in [3.8, 4) is 0 Å². The van der Waals surface area contributed by atoms with E-state index in [-0.39, 0.29) is 13.2 Å². The average Bonchev–Trinajstić information content (AvgIpc) is 2.81. The van der Waals surface area contributed by atoms with Crippen LogP contribution in [0.2, 0.25) is 0 Å². The molecule has 0 fully saturated rings. The molecule has 0 aromatic rings. The zero-order chi connectivity index (χ0) is 24.2. The van der Waals surface area contributed by atoms with E-state index < -0.39 is 12.1 Å². The Labute approximate surface area is 201 Å². The molecule has 0 rings (SSSR count). The molecule has 0 amide bonds. The third-order valence-electron chi connectivity index (χ3n) is 4.94. The van der Waals surface area contributed by atoms with Crippen LogP contribution in [0.15, 0.2) is 0 Å². The van der Waals surface area contributed by atoms with Gasteiger partial charge in [0.1, 0.15) is 12.7 Å². The third-order valence-corrected chi connectivity index (χ3v) is 4.94. The maximum Gasteiger partial charge on any atom is 0.334 e. The third kappa shape index (κ3) is 27.4. The van der Waals surface area contributed by atoms with Crippen LogP contribution < -0.4 is 0 Å². The molecule has 8 heteroatoms. The van der Waals surface area contributed by atoms with Crippen LogP contribution >= 0.6 is 0 Å². The molecule has 0 aromatic heterocycles. The van der Waals surface area contributed by atoms with E-state index in [1.807, 2.05) is 0 Å². The van der Waals surface area contributed by atoms with Crippen molar-refractivity contribution in [3.05, 3.63) is 0 Å². The lowest BCUT2D eigenvalue weighted by atomic mass is 10.1. The highest BCUT2D eigenvalue weighted by Gasteiger charge is 2.08. The van der Waals surface area contributed by atoms with Crippen LogP contribution in [0.25, 0.3) is 0 Å². The number of carbonyl (C=O) groups is 1. The molecular weight excluding hydrogens is 428 g/mol. The fourth-order valence-electron chi connectivity index (χ4n) is 3.00. The molecule has 0 aliphatic rings. The summed E-state index contributed by atoms with van der Waals surface area (Å²) in [7, 11) is 0. The van der Waals surface area contributed by atoms with E-state index in [9.17, 15) is 4.79 Å². The van der Waals surface area contributed by atoms with Crippen molar-refractivity contribution in [3.63, 3.8) is 0 Å². The molecule has 0 aromatic carbocycles. The highest BCUT2D eigenvalue weighted by molar-refractivity contribution is 5.73. The molecule has 0 saturated heterocycles. The van der Waals surface area contributed by atoms with Gasteiger partial charge in [-0.25, -0.2) is 4.79 Å². The highest BCUT2D eigenvalue weighted by Crippen LogP contribution is 2.10. The number of ether oxygens (including phenoxy) is 6. The number of hydrogen-bond acceptors (Lipinski definition) is 8. The van der Waals surface area contributed by atoms with E-state index in [0.717, 1.165) is 13.0 Å². The maximum atomic E-state index is 11.0. The lowest BCUT2D eigenvalue weighted by Gasteiger charge is -2.09. The zero-order valence-corrected chi connectivity index (χ0v) is 21.2. The van der Waals surface area contributed by atoms with Gasteiger partial charge in [-0.15, -0.1) is 0 Å². The van der Waals surface area contributed by atoms with Gasteiger partial charge in [-0.3, -0.25) is 0 Å². The molecule has 0 radical (unpaired) electrons. The van der Waals surface area contributed by atoms with Crippen LogP contribution in [0, 0.1) is 0 Å². The summed E-state index contributed by atoms with van der Waals surface area (Å²) in [5, 5.41) is 8.95. The van der Waals surface area contributed by atoms with Gasteiger partial charge in [0.15, 0.2) is 0 Å². The molecule has 33 heavy (non-hydrogen) atoms. The Morgan fingerprint density at radius 2 is 0.879 bits per heavy atom. The number of rotatable bonds is 27. The van der Waals surface area contributed by atoms with Crippen molar-refractivity contribution in [1.29, 1.82) is 0 Å². The van der Waals surface area contributed by atoms with Gasteiger partial charge in [0.2, 0.25) is 0 Å². The van der Waals surface area contributed by atoms with Crippen LogP contribution in [0.5, 0.6) is 0 Å². The quantitative estimate of drug-likeness (QED) is 0.140. The molecule has 0 aliphatic heterocycles. The zero-order valence-electron chi connectivity index (χ0n) is 21.2. The average molecular weight is 479 g/mol. The van der Waals surface area contributed by atoms with Gasteiger partial charge in [0, 0.05) is 6.61 Å². The second-order valence-electron chi connectivity index (χ2n) is 8.09. The molecule has 0 saturated carbocycles. The standard InChI is InChI=1S/C25H50O8/c1-3-4-5-6-7-8-9-10-11-12-13-28-14-15-29-16-17-30-18-19-31-20-21-32-22-23-33-25(27)24(2)26/h24,26H,3-23H2,1-2H3/t24-/m1/s1. The summed E-state index contributed by atoms with van der Waals surface area (Å²) < 4.78 is 31.9. The topological polar surface area (TPSA) is 92.7 Å². The number of aliphatic hydroxyl groups is 1. The number of carbonyl (C=O) groups excluding carboxylic acids is 1. The van der Waals surface area contributed by atoms with Crippen molar-refractivity contribution in [2.75, 3.05) is 72.7 Å². The Bertz CT molecular complexity index is 393. The molecule has 198 valence electrons. The Kier molecular flexibility index (Phi) is 26.8. The first kappa shape index (κ1) is 32.2. The van der Waals surface area contributed by atoms with Gasteiger partial charge in [0.25, 0.3) is 0 Å². The summed E-state index contributed by atoms with van der Waals surface area (Å²) in [5.41, 5.74) is 0. The molecular formula is C25H50O8. The predicted molar refractivity (Wildman–Crippen MR) is 129 cm³/mol. The first-order chi connectivity index (χ1) is 16.2. The fraction of sp³-hybridized carbons (Fsp3) is 0.960. The Balaban J connectivity index is 3.05. The van der Waals surface area contributed by atoms with Gasteiger partial charge in [-0.1, -0.05) is 64.7 Å². The summed E-state index contributed by atoms with van der Waals surface area (Å²) in [6.45, 7) is 9.02. The molecule has 1 atom stereocenters. The smallest absolute Gasteiger partial charge is 0.334 e. The minimum Gasteiger partial charge on any atom is -0.461 e. The molecule has 0 heterocycles. The SMILES string of the molecule is CCCCCCCCCCCCOCCOCCOCCOCCOCCOC(=O)[C@@H](C)O. The summed E-state index contributed by atoms with van der Waals surface area (Å²) in [6, 6.07) is 0. The monoisotopic (exact) mass is 478 g/mol. The van der Waals surface area contributed by atoms with Crippen LogP contribution in [0.1, 0.15) is 78.1 Å². The fourth-order valence-corrected chi connectivity index (χ4v) is 3.00. The molecule has 8 nitrogen and oxygen atoms in total. The van der Waals surface area contributed by atoms with Crippen molar-refractivity contribution in [2.45, 2.75) is 84.2 Å². The van der Waals surface area contributed by atoms with Crippen LogP contribution in [0.4, 0.5) is 0 Å². The van der Waals surface area contributed by atoms with Crippen molar-refractivity contribution in [1.82, 2.24) is 0 Å². The highest BCUT2D eigenvalue weighted by atomic mass is 16.6. The molecule has 0 bridgehead atoms. The van der Waals surface area contributed by atoms with Gasteiger partial charge in [-0.05, 0) is 13.3 Å².